The smallest absolute Gasteiger partial charge is 0.120 e. The minimum atomic E-state index is 0.514. The standard InChI is InChI=1S/C7H14O2/c1-7(6-9-2)4-3-5-8/h5,7H,3-4,6H2,1-2H3. The Bertz CT molecular complexity index is 71.3. The van der Waals surface area contributed by atoms with Gasteiger partial charge in [0, 0.05) is 20.1 Å². The van der Waals surface area contributed by atoms with Crippen molar-refractivity contribution in [2.75, 3.05) is 13.7 Å². The Balaban J connectivity index is 3.04. The second-order valence-electron chi connectivity index (χ2n) is 2.30. The summed E-state index contributed by atoms with van der Waals surface area (Å²) < 4.78 is 4.88. The molecule has 0 N–H and O–H groups in total. The van der Waals surface area contributed by atoms with Crippen LogP contribution in [0.3, 0.4) is 0 Å². The van der Waals surface area contributed by atoms with Gasteiger partial charge in [0.05, 0.1) is 0 Å². The summed E-state index contributed by atoms with van der Waals surface area (Å²) in [6, 6.07) is 0. The number of rotatable bonds is 5. The van der Waals surface area contributed by atoms with E-state index in [2.05, 4.69) is 6.92 Å². The number of methoxy groups -OCH3 is 1. The van der Waals surface area contributed by atoms with Crippen LogP contribution in [0.4, 0.5) is 0 Å². The zero-order valence-electron chi connectivity index (χ0n) is 6.09. The fraction of sp³-hybridized carbons (Fsp3) is 0.857. The Morgan fingerprint density at radius 1 is 1.67 bits per heavy atom. The van der Waals surface area contributed by atoms with Crippen molar-refractivity contribution >= 4 is 6.29 Å². The van der Waals surface area contributed by atoms with Gasteiger partial charge in [-0.3, -0.25) is 0 Å². The van der Waals surface area contributed by atoms with E-state index in [-0.39, 0.29) is 0 Å². The van der Waals surface area contributed by atoms with Gasteiger partial charge in [0.2, 0.25) is 0 Å². The lowest BCUT2D eigenvalue weighted by atomic mass is 10.1. The third-order valence-corrected chi connectivity index (χ3v) is 1.23. The summed E-state index contributed by atoms with van der Waals surface area (Å²) in [6.07, 6.45) is 2.55. The van der Waals surface area contributed by atoms with Gasteiger partial charge < -0.3 is 9.53 Å². The van der Waals surface area contributed by atoms with Gasteiger partial charge in [-0.1, -0.05) is 6.92 Å². The van der Waals surface area contributed by atoms with E-state index in [0.717, 1.165) is 19.3 Å². The largest absolute Gasteiger partial charge is 0.384 e. The van der Waals surface area contributed by atoms with Crippen molar-refractivity contribution in [2.24, 2.45) is 5.92 Å². The molecule has 0 spiro atoms. The highest BCUT2D eigenvalue weighted by Crippen LogP contribution is 2.02. The summed E-state index contributed by atoms with van der Waals surface area (Å²) in [5, 5.41) is 0. The van der Waals surface area contributed by atoms with Crippen LogP contribution >= 0.6 is 0 Å². The van der Waals surface area contributed by atoms with E-state index in [4.69, 9.17) is 4.74 Å². The summed E-state index contributed by atoms with van der Waals surface area (Å²) in [5.41, 5.74) is 0. The van der Waals surface area contributed by atoms with Crippen molar-refractivity contribution in [3.05, 3.63) is 0 Å². The van der Waals surface area contributed by atoms with Crippen LogP contribution in [0, 0.1) is 5.92 Å². The lowest BCUT2D eigenvalue weighted by Crippen LogP contribution is -2.02. The van der Waals surface area contributed by atoms with Gasteiger partial charge in [-0.25, -0.2) is 0 Å². The van der Waals surface area contributed by atoms with Crippen LogP contribution in [0.15, 0.2) is 0 Å². The number of carbonyl (C=O) groups is 1. The van der Waals surface area contributed by atoms with E-state index in [0.29, 0.717) is 12.3 Å². The average Bonchev–Trinajstić information content (AvgIpc) is 1.85. The monoisotopic (exact) mass is 130 g/mol. The molecule has 0 radical (unpaired) electrons. The first-order chi connectivity index (χ1) is 4.31. The molecule has 0 bridgehead atoms. The van der Waals surface area contributed by atoms with Crippen LogP contribution in [-0.4, -0.2) is 20.0 Å². The first kappa shape index (κ1) is 8.63. The molecule has 0 aromatic carbocycles. The molecule has 54 valence electrons. The van der Waals surface area contributed by atoms with Crippen molar-refractivity contribution < 1.29 is 9.53 Å². The summed E-state index contributed by atoms with van der Waals surface area (Å²) in [5.74, 6) is 0.514. The number of hydrogen-bond acceptors (Lipinski definition) is 2. The Hall–Kier alpha value is -0.370. The topological polar surface area (TPSA) is 26.3 Å². The molecule has 2 nitrogen and oxygen atoms in total. The van der Waals surface area contributed by atoms with E-state index >= 15 is 0 Å². The zero-order chi connectivity index (χ0) is 7.11. The van der Waals surface area contributed by atoms with Crippen LogP contribution < -0.4 is 0 Å². The number of carbonyl (C=O) groups excluding carboxylic acids is 1. The van der Waals surface area contributed by atoms with Crippen LogP contribution in [0.2, 0.25) is 0 Å². The summed E-state index contributed by atoms with van der Waals surface area (Å²) in [4.78, 5) is 9.87. The molecule has 2 heteroatoms. The number of ether oxygens (including phenoxy) is 1. The normalized spacial score (nSPS) is 13.1. The molecule has 0 saturated carbocycles. The minimum absolute atomic E-state index is 0.514. The molecule has 0 rings (SSSR count). The van der Waals surface area contributed by atoms with E-state index < -0.39 is 0 Å². The molecule has 0 fully saturated rings. The van der Waals surface area contributed by atoms with Crippen LogP contribution in [0.5, 0.6) is 0 Å². The molecular formula is C7H14O2. The van der Waals surface area contributed by atoms with Crippen LogP contribution in [0.25, 0.3) is 0 Å². The van der Waals surface area contributed by atoms with Gasteiger partial charge in [0.25, 0.3) is 0 Å². The first-order valence-corrected chi connectivity index (χ1v) is 3.23. The molecule has 0 aromatic rings. The summed E-state index contributed by atoms with van der Waals surface area (Å²) >= 11 is 0. The lowest BCUT2D eigenvalue weighted by Gasteiger charge is -2.05. The maximum atomic E-state index is 9.87. The van der Waals surface area contributed by atoms with Gasteiger partial charge in [-0.2, -0.15) is 0 Å². The molecule has 1 unspecified atom stereocenters. The highest BCUT2D eigenvalue weighted by molar-refractivity contribution is 5.49. The van der Waals surface area contributed by atoms with Gasteiger partial charge in [-0.05, 0) is 12.3 Å². The maximum absolute atomic E-state index is 9.87. The highest BCUT2D eigenvalue weighted by atomic mass is 16.5. The Morgan fingerprint density at radius 3 is 2.78 bits per heavy atom. The van der Waals surface area contributed by atoms with Crippen molar-refractivity contribution in [1.29, 1.82) is 0 Å². The molecule has 9 heavy (non-hydrogen) atoms. The first-order valence-electron chi connectivity index (χ1n) is 3.23. The third kappa shape index (κ3) is 5.50. The predicted octanol–water partition coefficient (Wildman–Crippen LogP) is 1.25. The molecule has 0 aliphatic carbocycles. The van der Waals surface area contributed by atoms with Gasteiger partial charge in [-0.15, -0.1) is 0 Å². The molecule has 0 heterocycles. The van der Waals surface area contributed by atoms with Crippen molar-refractivity contribution in [2.45, 2.75) is 19.8 Å². The van der Waals surface area contributed by atoms with Crippen LogP contribution in [-0.2, 0) is 9.53 Å². The van der Waals surface area contributed by atoms with E-state index in [9.17, 15) is 4.79 Å². The Kier molecular flexibility index (Phi) is 5.52. The third-order valence-electron chi connectivity index (χ3n) is 1.23. The molecular weight excluding hydrogens is 116 g/mol. The average molecular weight is 130 g/mol. The molecule has 0 aliphatic heterocycles. The summed E-state index contributed by atoms with van der Waals surface area (Å²) in [6.45, 7) is 2.83. The van der Waals surface area contributed by atoms with Crippen molar-refractivity contribution in [3.63, 3.8) is 0 Å². The van der Waals surface area contributed by atoms with E-state index in [1.165, 1.54) is 0 Å². The number of aldehydes is 1. The second kappa shape index (κ2) is 5.76. The quantitative estimate of drug-likeness (QED) is 0.523. The second-order valence-corrected chi connectivity index (χ2v) is 2.30. The predicted molar refractivity (Wildman–Crippen MR) is 36.3 cm³/mol. The minimum Gasteiger partial charge on any atom is -0.384 e. The molecule has 0 aromatic heterocycles. The van der Waals surface area contributed by atoms with Crippen molar-refractivity contribution in [3.8, 4) is 0 Å². The zero-order valence-corrected chi connectivity index (χ0v) is 6.09. The fourth-order valence-corrected chi connectivity index (χ4v) is 0.720. The lowest BCUT2D eigenvalue weighted by molar-refractivity contribution is -0.108. The van der Waals surface area contributed by atoms with Gasteiger partial charge >= 0.3 is 0 Å². The highest BCUT2D eigenvalue weighted by Gasteiger charge is 1.98. The molecule has 1 atom stereocenters. The molecule has 0 amide bonds. The Labute approximate surface area is 56.2 Å². The fourth-order valence-electron chi connectivity index (χ4n) is 0.720. The molecule has 0 saturated heterocycles. The van der Waals surface area contributed by atoms with Gasteiger partial charge in [0.15, 0.2) is 0 Å². The van der Waals surface area contributed by atoms with Crippen LogP contribution in [0.1, 0.15) is 19.8 Å². The summed E-state index contributed by atoms with van der Waals surface area (Å²) in [7, 11) is 1.68. The Morgan fingerprint density at radius 2 is 2.33 bits per heavy atom. The van der Waals surface area contributed by atoms with Gasteiger partial charge in [0.1, 0.15) is 6.29 Å². The number of hydrogen-bond donors (Lipinski definition) is 0. The van der Waals surface area contributed by atoms with E-state index in [1.807, 2.05) is 0 Å². The SMILES string of the molecule is COCC(C)CCC=O. The van der Waals surface area contributed by atoms with E-state index in [1.54, 1.807) is 7.11 Å². The molecule has 0 aliphatic rings. The van der Waals surface area contributed by atoms with Crippen molar-refractivity contribution in [1.82, 2.24) is 0 Å². The maximum Gasteiger partial charge on any atom is 0.120 e.